The second-order valence-electron chi connectivity index (χ2n) is 2.50. The number of nitro groups is 1. The highest BCUT2D eigenvalue weighted by atomic mass is 127. The number of nitro benzene ring substituents is 1. The molecule has 2 rings (SSSR count). The number of rotatable bonds is 1. The second-order valence-corrected chi connectivity index (χ2v) is 5.47. The molecule has 0 unspecified atom stereocenters. The van der Waals surface area contributed by atoms with Crippen molar-refractivity contribution in [1.29, 1.82) is 0 Å². The van der Waals surface area contributed by atoms with Gasteiger partial charge in [-0.1, -0.05) is 6.07 Å². The molecule has 1 aromatic heterocycles. The zero-order chi connectivity index (χ0) is 9.42. The van der Waals surface area contributed by atoms with E-state index in [1.54, 1.807) is 17.4 Å². The third kappa shape index (κ3) is 1.53. The number of fused-ring (bicyclic) bond motifs is 1. The lowest BCUT2D eigenvalue weighted by Gasteiger charge is -1.91. The van der Waals surface area contributed by atoms with Crippen LogP contribution in [-0.2, 0) is 0 Å². The molecule has 2 aromatic rings. The summed E-state index contributed by atoms with van der Waals surface area (Å²) in [6, 6.07) is 6.99. The number of nitrogens with zero attached hydrogens (tertiary/aromatic N) is 1. The second kappa shape index (κ2) is 3.22. The van der Waals surface area contributed by atoms with Crippen LogP contribution in [0.25, 0.3) is 10.1 Å². The van der Waals surface area contributed by atoms with Crippen molar-refractivity contribution in [1.82, 2.24) is 0 Å². The van der Waals surface area contributed by atoms with Gasteiger partial charge in [-0.05, 0) is 34.7 Å². The van der Waals surface area contributed by atoms with Gasteiger partial charge in [-0.25, -0.2) is 0 Å². The van der Waals surface area contributed by atoms with E-state index < -0.39 is 0 Å². The van der Waals surface area contributed by atoms with Gasteiger partial charge in [0.1, 0.15) is 0 Å². The van der Waals surface area contributed by atoms with Crippen LogP contribution in [0.3, 0.4) is 0 Å². The molecule has 0 fully saturated rings. The summed E-state index contributed by atoms with van der Waals surface area (Å²) in [5.74, 6) is 0. The lowest BCUT2D eigenvalue weighted by Crippen LogP contribution is -1.86. The molecule has 13 heavy (non-hydrogen) atoms. The monoisotopic (exact) mass is 305 g/mol. The maximum absolute atomic E-state index is 10.6. The predicted octanol–water partition coefficient (Wildman–Crippen LogP) is 3.41. The lowest BCUT2D eigenvalue weighted by atomic mass is 10.2. The van der Waals surface area contributed by atoms with Crippen LogP contribution in [-0.4, -0.2) is 4.92 Å². The van der Waals surface area contributed by atoms with Crippen molar-refractivity contribution in [3.63, 3.8) is 0 Å². The summed E-state index contributed by atoms with van der Waals surface area (Å²) in [4.78, 5) is 10.3. The van der Waals surface area contributed by atoms with E-state index >= 15 is 0 Å². The third-order valence-corrected chi connectivity index (χ3v) is 3.57. The zero-order valence-corrected chi connectivity index (χ0v) is 9.33. The standard InChI is InChI=1S/C8H4INO2S/c9-8-4-5-6(10(11)12)2-1-3-7(5)13-8/h1-4H. The summed E-state index contributed by atoms with van der Waals surface area (Å²) in [6.45, 7) is 0. The minimum Gasteiger partial charge on any atom is -0.258 e. The normalized spacial score (nSPS) is 10.5. The number of halogens is 1. The molecule has 0 N–H and O–H groups in total. The van der Waals surface area contributed by atoms with Crippen LogP contribution in [0.15, 0.2) is 24.3 Å². The summed E-state index contributed by atoms with van der Waals surface area (Å²) in [5, 5.41) is 11.4. The van der Waals surface area contributed by atoms with Gasteiger partial charge in [-0.2, -0.15) is 0 Å². The van der Waals surface area contributed by atoms with Gasteiger partial charge in [0.15, 0.2) is 0 Å². The van der Waals surface area contributed by atoms with Crippen LogP contribution in [0.4, 0.5) is 5.69 Å². The van der Waals surface area contributed by atoms with Crippen molar-refractivity contribution < 1.29 is 4.92 Å². The largest absolute Gasteiger partial charge is 0.278 e. The Morgan fingerprint density at radius 3 is 2.92 bits per heavy atom. The Morgan fingerprint density at radius 2 is 2.23 bits per heavy atom. The van der Waals surface area contributed by atoms with Crippen molar-refractivity contribution in [3.05, 3.63) is 37.3 Å². The van der Waals surface area contributed by atoms with E-state index in [0.29, 0.717) is 0 Å². The van der Waals surface area contributed by atoms with Crippen molar-refractivity contribution in [2.45, 2.75) is 0 Å². The van der Waals surface area contributed by atoms with Crippen LogP contribution in [0.5, 0.6) is 0 Å². The lowest BCUT2D eigenvalue weighted by molar-refractivity contribution is -0.383. The zero-order valence-electron chi connectivity index (χ0n) is 6.36. The van der Waals surface area contributed by atoms with Crippen LogP contribution in [0.2, 0.25) is 0 Å². The van der Waals surface area contributed by atoms with Gasteiger partial charge in [-0.3, -0.25) is 10.1 Å². The Kier molecular flexibility index (Phi) is 2.20. The summed E-state index contributed by atoms with van der Waals surface area (Å²) < 4.78 is 2.04. The molecule has 0 aliphatic carbocycles. The summed E-state index contributed by atoms with van der Waals surface area (Å²) in [7, 11) is 0. The Balaban J connectivity index is 2.82. The molecule has 66 valence electrons. The number of hydrogen-bond donors (Lipinski definition) is 0. The van der Waals surface area contributed by atoms with E-state index in [4.69, 9.17) is 0 Å². The Labute approximate surface area is 91.7 Å². The highest BCUT2D eigenvalue weighted by Gasteiger charge is 2.12. The fraction of sp³-hybridized carbons (Fsp3) is 0. The number of hydrogen-bond acceptors (Lipinski definition) is 3. The van der Waals surface area contributed by atoms with E-state index in [0.717, 1.165) is 13.0 Å². The first kappa shape index (κ1) is 8.89. The van der Waals surface area contributed by atoms with Crippen LogP contribution in [0.1, 0.15) is 0 Å². The molecule has 0 saturated heterocycles. The third-order valence-electron chi connectivity index (χ3n) is 1.71. The molecule has 1 aromatic carbocycles. The summed E-state index contributed by atoms with van der Waals surface area (Å²) >= 11 is 3.73. The number of non-ortho nitro benzene ring substituents is 1. The van der Waals surface area contributed by atoms with Crippen molar-refractivity contribution in [2.75, 3.05) is 0 Å². The topological polar surface area (TPSA) is 43.1 Å². The van der Waals surface area contributed by atoms with Gasteiger partial charge >= 0.3 is 0 Å². The minimum atomic E-state index is -0.342. The van der Waals surface area contributed by atoms with Crippen molar-refractivity contribution in [2.24, 2.45) is 0 Å². The van der Waals surface area contributed by atoms with E-state index in [1.807, 2.05) is 12.1 Å². The van der Waals surface area contributed by atoms with Crippen LogP contribution in [0, 0.1) is 13.0 Å². The van der Waals surface area contributed by atoms with Crippen LogP contribution < -0.4 is 0 Å². The molecule has 0 amide bonds. The summed E-state index contributed by atoms with van der Waals surface area (Å²) in [5.41, 5.74) is 0.191. The molecule has 3 nitrogen and oxygen atoms in total. The summed E-state index contributed by atoms with van der Waals surface area (Å²) in [6.07, 6.45) is 0. The molecular formula is C8H4INO2S. The first-order chi connectivity index (χ1) is 6.18. The first-order valence-electron chi connectivity index (χ1n) is 3.51. The van der Waals surface area contributed by atoms with Gasteiger partial charge in [0.05, 0.1) is 13.2 Å². The Hall–Kier alpha value is -0.690. The van der Waals surface area contributed by atoms with Gasteiger partial charge in [0.2, 0.25) is 0 Å². The van der Waals surface area contributed by atoms with E-state index in [9.17, 15) is 10.1 Å². The maximum atomic E-state index is 10.6. The highest BCUT2D eigenvalue weighted by molar-refractivity contribution is 14.1. The SMILES string of the molecule is O=[N+]([O-])c1cccc2sc(I)cc12. The van der Waals surface area contributed by atoms with E-state index in [1.165, 1.54) is 6.07 Å². The van der Waals surface area contributed by atoms with E-state index in [2.05, 4.69) is 22.6 Å². The molecule has 5 heteroatoms. The molecular weight excluding hydrogens is 301 g/mol. The Bertz CT molecular complexity index is 480. The molecule has 0 aliphatic rings. The maximum Gasteiger partial charge on any atom is 0.278 e. The molecule has 0 atom stereocenters. The average Bonchev–Trinajstić information content (AvgIpc) is 2.43. The molecule has 0 spiro atoms. The molecule has 0 bridgehead atoms. The quantitative estimate of drug-likeness (QED) is 0.460. The van der Waals surface area contributed by atoms with Gasteiger partial charge < -0.3 is 0 Å². The van der Waals surface area contributed by atoms with Gasteiger partial charge in [0, 0.05) is 10.8 Å². The number of benzene rings is 1. The number of thiophene rings is 1. The smallest absolute Gasteiger partial charge is 0.258 e. The minimum absolute atomic E-state index is 0.191. The van der Waals surface area contributed by atoms with Crippen LogP contribution >= 0.6 is 33.9 Å². The fourth-order valence-electron chi connectivity index (χ4n) is 1.17. The highest BCUT2D eigenvalue weighted by Crippen LogP contribution is 2.32. The van der Waals surface area contributed by atoms with Crippen molar-refractivity contribution >= 4 is 49.7 Å². The van der Waals surface area contributed by atoms with Crippen molar-refractivity contribution in [3.8, 4) is 0 Å². The van der Waals surface area contributed by atoms with Gasteiger partial charge in [0.25, 0.3) is 5.69 Å². The predicted molar refractivity (Wildman–Crippen MR) is 61.2 cm³/mol. The Morgan fingerprint density at radius 1 is 1.46 bits per heavy atom. The van der Waals surface area contributed by atoms with E-state index in [-0.39, 0.29) is 10.6 Å². The molecule has 0 saturated carbocycles. The molecule has 0 aliphatic heterocycles. The average molecular weight is 305 g/mol. The molecule has 0 radical (unpaired) electrons. The first-order valence-corrected chi connectivity index (χ1v) is 5.40. The molecule has 1 heterocycles. The van der Waals surface area contributed by atoms with Gasteiger partial charge in [-0.15, -0.1) is 11.3 Å². The fourth-order valence-corrected chi connectivity index (χ4v) is 3.00.